The Morgan fingerprint density at radius 2 is 1.44 bits per heavy atom. The van der Waals surface area contributed by atoms with Gasteiger partial charge in [0.1, 0.15) is 6.04 Å². The molecule has 27 heavy (non-hydrogen) atoms. The molecule has 0 bridgehead atoms. The second-order valence-corrected chi connectivity index (χ2v) is 8.34. The molecule has 0 radical (unpaired) electrons. The summed E-state index contributed by atoms with van der Waals surface area (Å²) in [5.41, 5.74) is 3.12. The topological polar surface area (TPSA) is 58.2 Å². The molecule has 0 saturated heterocycles. The van der Waals surface area contributed by atoms with Gasteiger partial charge in [0.05, 0.1) is 4.90 Å². The summed E-state index contributed by atoms with van der Waals surface area (Å²) >= 11 is 0. The molecule has 0 heterocycles. The molecule has 4 nitrogen and oxygen atoms in total. The van der Waals surface area contributed by atoms with Crippen LogP contribution in [-0.2, 0) is 10.0 Å². The largest absolute Gasteiger partial charge is 0.406 e. The van der Waals surface area contributed by atoms with Gasteiger partial charge in [0.15, 0.2) is 0 Å². The highest BCUT2D eigenvalue weighted by Crippen LogP contribution is 2.26. The molecule has 0 aliphatic heterocycles. The van der Waals surface area contributed by atoms with Gasteiger partial charge in [-0.1, -0.05) is 35.4 Å². The van der Waals surface area contributed by atoms with Gasteiger partial charge in [0, 0.05) is 12.2 Å². The lowest BCUT2D eigenvalue weighted by molar-refractivity contribution is -0.148. The Labute approximate surface area is 157 Å². The number of aryl methyl sites for hydroxylation is 4. The van der Waals surface area contributed by atoms with Crippen LogP contribution < -0.4 is 10.0 Å². The number of rotatable bonds is 6. The summed E-state index contributed by atoms with van der Waals surface area (Å²) in [6.07, 6.45) is -4.74. The van der Waals surface area contributed by atoms with Gasteiger partial charge in [0.25, 0.3) is 0 Å². The average Bonchev–Trinajstić information content (AvgIpc) is 2.50. The van der Waals surface area contributed by atoms with Crippen molar-refractivity contribution in [3.63, 3.8) is 0 Å². The van der Waals surface area contributed by atoms with Crippen molar-refractivity contribution in [1.29, 1.82) is 0 Å². The third-order valence-corrected chi connectivity index (χ3v) is 5.90. The number of halogens is 3. The predicted octanol–water partition coefficient (Wildman–Crippen LogP) is 4.24. The van der Waals surface area contributed by atoms with Crippen molar-refractivity contribution in [2.75, 3.05) is 11.9 Å². The molecule has 2 aromatic carbocycles. The molecule has 1 unspecified atom stereocenters. The van der Waals surface area contributed by atoms with Gasteiger partial charge in [-0.3, -0.25) is 0 Å². The fraction of sp³-hybridized carbons (Fsp3) is 0.368. The van der Waals surface area contributed by atoms with Gasteiger partial charge in [-0.15, -0.1) is 0 Å². The Hall–Kier alpha value is -2.06. The third-order valence-electron chi connectivity index (χ3n) is 4.13. The normalized spacial score (nSPS) is 13.4. The van der Waals surface area contributed by atoms with Crippen LogP contribution in [0.25, 0.3) is 0 Å². The summed E-state index contributed by atoms with van der Waals surface area (Å²) in [7, 11) is -4.34. The van der Waals surface area contributed by atoms with Crippen molar-refractivity contribution in [1.82, 2.24) is 4.72 Å². The van der Waals surface area contributed by atoms with E-state index >= 15 is 0 Å². The van der Waals surface area contributed by atoms with Crippen molar-refractivity contribution in [2.45, 2.75) is 44.8 Å². The van der Waals surface area contributed by atoms with Crippen molar-refractivity contribution in [2.24, 2.45) is 0 Å². The molecule has 1 atom stereocenters. The second-order valence-electron chi connectivity index (χ2n) is 6.69. The second kappa shape index (κ2) is 7.90. The van der Waals surface area contributed by atoms with Crippen LogP contribution in [0, 0.1) is 27.7 Å². The van der Waals surface area contributed by atoms with E-state index in [1.54, 1.807) is 57.2 Å². The Balaban J connectivity index is 2.26. The third kappa shape index (κ3) is 5.46. The number of alkyl halides is 3. The summed E-state index contributed by atoms with van der Waals surface area (Å²) in [6.45, 7) is 6.19. The Kier molecular flexibility index (Phi) is 6.21. The van der Waals surface area contributed by atoms with Gasteiger partial charge in [-0.05, 0) is 51.0 Å². The number of sulfonamides is 1. The fourth-order valence-electron chi connectivity index (χ4n) is 2.95. The first-order chi connectivity index (χ1) is 12.4. The zero-order valence-electron chi connectivity index (χ0n) is 15.6. The molecule has 148 valence electrons. The molecule has 0 amide bonds. The number of benzene rings is 2. The molecular weight excluding hydrogens is 377 g/mol. The maximum atomic E-state index is 13.4. The van der Waals surface area contributed by atoms with E-state index in [0.717, 1.165) is 11.1 Å². The summed E-state index contributed by atoms with van der Waals surface area (Å²) < 4.78 is 67.4. The number of hydrogen-bond acceptors (Lipinski definition) is 3. The molecule has 2 N–H and O–H groups in total. The summed E-state index contributed by atoms with van der Waals surface area (Å²) in [4.78, 5) is -0.113. The molecule has 0 aromatic heterocycles. The van der Waals surface area contributed by atoms with Gasteiger partial charge in [-0.2, -0.15) is 17.9 Å². The van der Waals surface area contributed by atoms with E-state index in [2.05, 4.69) is 5.32 Å². The van der Waals surface area contributed by atoms with Crippen LogP contribution in [0.2, 0.25) is 0 Å². The standard InChI is InChI=1S/C19H23F3N2O2S/c1-12-5-7-16(8-6-12)23-11-17(19(20,21)22)24-27(25,26)18-14(3)9-13(2)10-15(18)4/h5-10,17,23-24H,11H2,1-4H3. The van der Waals surface area contributed by atoms with Gasteiger partial charge in [0.2, 0.25) is 10.0 Å². The van der Waals surface area contributed by atoms with Crippen LogP contribution in [0.3, 0.4) is 0 Å². The Morgan fingerprint density at radius 1 is 0.926 bits per heavy atom. The molecule has 0 aliphatic carbocycles. The summed E-state index contributed by atoms with van der Waals surface area (Å²) in [5.74, 6) is 0. The molecule has 2 rings (SSSR count). The summed E-state index contributed by atoms with van der Waals surface area (Å²) in [6, 6.07) is 7.81. The van der Waals surface area contributed by atoms with E-state index in [4.69, 9.17) is 0 Å². The van der Waals surface area contributed by atoms with Gasteiger partial charge >= 0.3 is 6.18 Å². The van der Waals surface area contributed by atoms with Crippen molar-refractivity contribution < 1.29 is 21.6 Å². The van der Waals surface area contributed by atoms with Crippen molar-refractivity contribution >= 4 is 15.7 Å². The first-order valence-electron chi connectivity index (χ1n) is 8.37. The van der Waals surface area contributed by atoms with Crippen molar-refractivity contribution in [3.05, 3.63) is 58.7 Å². The van der Waals surface area contributed by atoms with Crippen LogP contribution in [0.1, 0.15) is 22.3 Å². The molecular formula is C19H23F3N2O2S. The van der Waals surface area contributed by atoms with Crippen LogP contribution >= 0.6 is 0 Å². The van der Waals surface area contributed by atoms with Gasteiger partial charge < -0.3 is 5.32 Å². The lowest BCUT2D eigenvalue weighted by atomic mass is 10.1. The minimum Gasteiger partial charge on any atom is -0.383 e. The molecule has 0 spiro atoms. The highest BCUT2D eigenvalue weighted by Gasteiger charge is 2.42. The quantitative estimate of drug-likeness (QED) is 0.763. The molecule has 2 aromatic rings. The zero-order valence-corrected chi connectivity index (χ0v) is 16.4. The minimum absolute atomic E-state index is 0.113. The highest BCUT2D eigenvalue weighted by molar-refractivity contribution is 7.89. The smallest absolute Gasteiger partial charge is 0.383 e. The van der Waals surface area contributed by atoms with Crippen LogP contribution in [-0.4, -0.2) is 27.2 Å². The van der Waals surface area contributed by atoms with Crippen LogP contribution in [0.15, 0.2) is 41.3 Å². The van der Waals surface area contributed by atoms with E-state index in [-0.39, 0.29) is 4.90 Å². The Morgan fingerprint density at radius 3 is 1.93 bits per heavy atom. The van der Waals surface area contributed by atoms with E-state index in [9.17, 15) is 21.6 Å². The number of hydrogen-bond donors (Lipinski definition) is 2. The predicted molar refractivity (Wildman–Crippen MR) is 100 cm³/mol. The van der Waals surface area contributed by atoms with Crippen LogP contribution in [0.4, 0.5) is 18.9 Å². The van der Waals surface area contributed by atoms with E-state index < -0.39 is 28.8 Å². The SMILES string of the molecule is Cc1ccc(NCC(NS(=O)(=O)c2c(C)cc(C)cc2C)C(F)(F)F)cc1. The molecule has 0 fully saturated rings. The monoisotopic (exact) mass is 400 g/mol. The first-order valence-corrected chi connectivity index (χ1v) is 9.86. The van der Waals surface area contributed by atoms with E-state index in [1.807, 2.05) is 11.6 Å². The van der Waals surface area contributed by atoms with E-state index in [1.165, 1.54) is 0 Å². The maximum Gasteiger partial charge on any atom is 0.406 e. The maximum absolute atomic E-state index is 13.4. The molecule has 8 heteroatoms. The fourth-order valence-corrected chi connectivity index (χ4v) is 4.63. The first kappa shape index (κ1) is 21.2. The number of nitrogens with one attached hydrogen (secondary N) is 2. The minimum atomic E-state index is -4.74. The molecule has 0 saturated carbocycles. The average molecular weight is 400 g/mol. The van der Waals surface area contributed by atoms with Crippen LogP contribution in [0.5, 0.6) is 0 Å². The highest BCUT2D eigenvalue weighted by atomic mass is 32.2. The number of anilines is 1. The van der Waals surface area contributed by atoms with E-state index in [0.29, 0.717) is 16.8 Å². The lowest BCUT2D eigenvalue weighted by Gasteiger charge is -2.23. The lowest BCUT2D eigenvalue weighted by Crippen LogP contribution is -2.49. The van der Waals surface area contributed by atoms with Gasteiger partial charge in [-0.25, -0.2) is 8.42 Å². The zero-order chi connectivity index (χ0) is 20.4. The summed E-state index contributed by atoms with van der Waals surface area (Å²) in [5, 5.41) is 2.64. The Bertz CT molecular complexity index is 885. The molecule has 0 aliphatic rings. The van der Waals surface area contributed by atoms with Crippen molar-refractivity contribution in [3.8, 4) is 0 Å².